The number of ether oxygens (including phenoxy) is 2. The van der Waals surface area contributed by atoms with E-state index < -0.39 is 11.0 Å². The third-order valence-corrected chi connectivity index (χ3v) is 5.65. The van der Waals surface area contributed by atoms with Gasteiger partial charge in [-0.25, -0.2) is 9.20 Å². The minimum atomic E-state index is -1.60. The Morgan fingerprint density at radius 3 is 2.56 bits per heavy atom. The number of halogens is 2. The number of methoxy groups -OCH3 is 1. The van der Waals surface area contributed by atoms with Crippen LogP contribution in [0.3, 0.4) is 0 Å². The fraction of sp³-hybridized carbons (Fsp3) is 0.316. The van der Waals surface area contributed by atoms with Gasteiger partial charge in [-0.2, -0.15) is 0 Å². The molecular weight excluding hydrogens is 407 g/mol. The van der Waals surface area contributed by atoms with Gasteiger partial charge in [0.1, 0.15) is 18.0 Å². The van der Waals surface area contributed by atoms with Crippen molar-refractivity contribution in [2.24, 2.45) is 10.9 Å². The number of benzene rings is 2. The molecule has 27 heavy (non-hydrogen) atoms. The van der Waals surface area contributed by atoms with Crippen LogP contribution >= 0.6 is 23.2 Å². The molecule has 0 radical (unpaired) electrons. The lowest BCUT2D eigenvalue weighted by Crippen LogP contribution is -2.13. The van der Waals surface area contributed by atoms with Gasteiger partial charge in [-0.3, -0.25) is 4.72 Å². The van der Waals surface area contributed by atoms with Crippen LogP contribution in [0.2, 0.25) is 10.0 Å². The molecular formula is C19H20Cl2N2O3S. The number of anilines is 1. The van der Waals surface area contributed by atoms with Crippen LogP contribution in [0.4, 0.5) is 5.69 Å². The van der Waals surface area contributed by atoms with Crippen molar-refractivity contribution in [1.29, 1.82) is 0 Å². The SMILES string of the molecule is COc1cccc(C2=NC(C(C)C)CO2)c1NS(=O)c1cc(Cl)cc(Cl)c1. The van der Waals surface area contributed by atoms with Gasteiger partial charge >= 0.3 is 0 Å². The first-order chi connectivity index (χ1) is 12.9. The second-order valence-corrected chi connectivity index (χ2v) is 8.50. The lowest BCUT2D eigenvalue weighted by atomic mass is 10.1. The maximum atomic E-state index is 12.9. The van der Waals surface area contributed by atoms with Crippen LogP contribution in [0, 0.1) is 5.92 Å². The Bertz CT molecular complexity index is 882. The molecule has 0 aliphatic carbocycles. The van der Waals surface area contributed by atoms with E-state index in [1.807, 2.05) is 12.1 Å². The van der Waals surface area contributed by atoms with Gasteiger partial charge in [0.15, 0.2) is 11.0 Å². The number of nitrogens with one attached hydrogen (secondary N) is 1. The maximum Gasteiger partial charge on any atom is 0.218 e. The Hall–Kier alpha value is -1.76. The summed E-state index contributed by atoms with van der Waals surface area (Å²) in [5.74, 6) is 1.41. The Labute approximate surface area is 171 Å². The lowest BCUT2D eigenvalue weighted by Gasteiger charge is -2.15. The first-order valence-electron chi connectivity index (χ1n) is 8.41. The Balaban J connectivity index is 1.97. The summed E-state index contributed by atoms with van der Waals surface area (Å²) in [6, 6.07) is 10.4. The number of rotatable bonds is 6. The van der Waals surface area contributed by atoms with Crippen molar-refractivity contribution in [3.05, 3.63) is 52.0 Å². The summed E-state index contributed by atoms with van der Waals surface area (Å²) in [6.45, 7) is 4.73. The molecule has 0 saturated carbocycles. The molecule has 3 rings (SSSR count). The molecule has 2 aromatic carbocycles. The highest BCUT2D eigenvalue weighted by atomic mass is 35.5. The first kappa shape index (κ1) is 20.0. The molecule has 1 aliphatic rings. The van der Waals surface area contributed by atoms with Crippen LogP contribution in [-0.4, -0.2) is 29.9 Å². The average molecular weight is 427 g/mol. The first-order valence-corrected chi connectivity index (χ1v) is 10.3. The summed E-state index contributed by atoms with van der Waals surface area (Å²) in [5.41, 5.74) is 1.23. The van der Waals surface area contributed by atoms with Crippen LogP contribution in [0.1, 0.15) is 19.4 Å². The highest BCUT2D eigenvalue weighted by Crippen LogP contribution is 2.33. The minimum Gasteiger partial charge on any atom is -0.495 e. The van der Waals surface area contributed by atoms with E-state index in [1.165, 1.54) is 0 Å². The smallest absolute Gasteiger partial charge is 0.218 e. The molecule has 5 nitrogen and oxygen atoms in total. The second-order valence-electron chi connectivity index (χ2n) is 6.42. The highest BCUT2D eigenvalue weighted by Gasteiger charge is 2.26. The zero-order chi connectivity index (χ0) is 19.6. The number of para-hydroxylation sites is 1. The zero-order valence-corrected chi connectivity index (χ0v) is 17.5. The topological polar surface area (TPSA) is 59.9 Å². The number of nitrogens with zero attached hydrogens (tertiary/aromatic N) is 1. The molecule has 8 heteroatoms. The van der Waals surface area contributed by atoms with E-state index in [1.54, 1.807) is 31.4 Å². The molecule has 0 fully saturated rings. The van der Waals surface area contributed by atoms with Crippen molar-refractivity contribution >= 4 is 45.8 Å². The summed E-state index contributed by atoms with van der Waals surface area (Å²) in [6.07, 6.45) is 0. The molecule has 0 amide bonds. The van der Waals surface area contributed by atoms with Gasteiger partial charge in [0.05, 0.1) is 23.6 Å². The van der Waals surface area contributed by atoms with Gasteiger partial charge in [-0.1, -0.05) is 43.1 Å². The fourth-order valence-corrected chi connectivity index (χ4v) is 4.29. The number of hydrogen-bond donors (Lipinski definition) is 1. The monoisotopic (exact) mass is 426 g/mol. The maximum absolute atomic E-state index is 12.9. The molecule has 2 aromatic rings. The summed E-state index contributed by atoms with van der Waals surface area (Å²) in [4.78, 5) is 5.12. The van der Waals surface area contributed by atoms with E-state index in [0.717, 1.165) is 0 Å². The lowest BCUT2D eigenvalue weighted by molar-refractivity contribution is 0.292. The van der Waals surface area contributed by atoms with Crippen LogP contribution in [0.25, 0.3) is 0 Å². The summed E-state index contributed by atoms with van der Waals surface area (Å²) in [7, 11) is -0.0509. The molecule has 0 spiro atoms. The molecule has 0 saturated heterocycles. The van der Waals surface area contributed by atoms with E-state index >= 15 is 0 Å². The Morgan fingerprint density at radius 1 is 1.26 bits per heavy atom. The van der Waals surface area contributed by atoms with Crippen LogP contribution in [0.5, 0.6) is 5.75 Å². The molecule has 2 atom stereocenters. The third kappa shape index (κ3) is 4.57. The van der Waals surface area contributed by atoms with E-state index in [-0.39, 0.29) is 6.04 Å². The predicted octanol–water partition coefficient (Wildman–Crippen LogP) is 4.94. The Morgan fingerprint density at radius 2 is 1.96 bits per heavy atom. The molecule has 2 unspecified atom stereocenters. The van der Waals surface area contributed by atoms with E-state index in [0.29, 0.717) is 50.4 Å². The van der Waals surface area contributed by atoms with Crippen molar-refractivity contribution in [2.45, 2.75) is 24.8 Å². The Kier molecular flexibility index (Phi) is 6.29. The van der Waals surface area contributed by atoms with Crippen molar-refractivity contribution in [2.75, 3.05) is 18.4 Å². The molecule has 0 bridgehead atoms. The van der Waals surface area contributed by atoms with E-state index in [4.69, 9.17) is 32.7 Å². The van der Waals surface area contributed by atoms with Crippen LogP contribution in [0.15, 0.2) is 46.3 Å². The molecule has 1 aliphatic heterocycles. The molecule has 1 N–H and O–H groups in total. The third-order valence-electron chi connectivity index (χ3n) is 4.16. The second kappa shape index (κ2) is 8.50. The largest absolute Gasteiger partial charge is 0.495 e. The van der Waals surface area contributed by atoms with Gasteiger partial charge in [-0.05, 0) is 36.2 Å². The van der Waals surface area contributed by atoms with Gasteiger partial charge in [-0.15, -0.1) is 0 Å². The normalized spacial score (nSPS) is 17.4. The van der Waals surface area contributed by atoms with E-state index in [2.05, 4.69) is 23.6 Å². The van der Waals surface area contributed by atoms with Crippen molar-refractivity contribution in [1.82, 2.24) is 0 Å². The minimum absolute atomic E-state index is 0.0938. The highest BCUT2D eigenvalue weighted by molar-refractivity contribution is 7.86. The van der Waals surface area contributed by atoms with Gasteiger partial charge < -0.3 is 9.47 Å². The van der Waals surface area contributed by atoms with E-state index in [9.17, 15) is 4.21 Å². The number of aliphatic imine (C=N–C) groups is 1. The van der Waals surface area contributed by atoms with Crippen LogP contribution in [-0.2, 0) is 15.7 Å². The standard InChI is InChI=1S/C19H20Cl2N2O3S/c1-11(2)16-10-26-19(22-16)15-5-4-6-17(25-3)18(15)23-27(24)14-8-12(20)7-13(21)9-14/h4-9,11,16,23H,10H2,1-3H3. The summed E-state index contributed by atoms with van der Waals surface area (Å²) in [5, 5.41) is 0.826. The van der Waals surface area contributed by atoms with Gasteiger partial charge in [0, 0.05) is 10.0 Å². The summed E-state index contributed by atoms with van der Waals surface area (Å²) >= 11 is 12.1. The van der Waals surface area contributed by atoms with Crippen molar-refractivity contribution in [3.8, 4) is 5.75 Å². The molecule has 1 heterocycles. The van der Waals surface area contributed by atoms with Crippen molar-refractivity contribution in [3.63, 3.8) is 0 Å². The van der Waals surface area contributed by atoms with Crippen LogP contribution < -0.4 is 9.46 Å². The molecule has 0 aromatic heterocycles. The number of hydrogen-bond acceptors (Lipinski definition) is 4. The van der Waals surface area contributed by atoms with Crippen molar-refractivity contribution < 1.29 is 13.7 Å². The summed E-state index contributed by atoms with van der Waals surface area (Å²) < 4.78 is 27.1. The molecule has 144 valence electrons. The zero-order valence-electron chi connectivity index (χ0n) is 15.2. The fourth-order valence-electron chi connectivity index (χ4n) is 2.65. The predicted molar refractivity (Wildman–Crippen MR) is 111 cm³/mol. The van der Waals surface area contributed by atoms with Gasteiger partial charge in [0.2, 0.25) is 5.90 Å². The van der Waals surface area contributed by atoms with Gasteiger partial charge in [0.25, 0.3) is 0 Å². The average Bonchev–Trinajstić information content (AvgIpc) is 3.11. The quantitative estimate of drug-likeness (QED) is 0.711.